The number of anilines is 1. The third kappa shape index (κ3) is 3.59. The molecular formula is C26H23N3O2. The summed E-state index contributed by atoms with van der Waals surface area (Å²) in [7, 11) is 0. The fraction of sp³-hybridized carbons (Fsp3) is 0.154. The van der Waals surface area contributed by atoms with Crippen molar-refractivity contribution in [2.75, 3.05) is 5.32 Å². The van der Waals surface area contributed by atoms with Gasteiger partial charge in [0.1, 0.15) is 5.60 Å². The normalized spacial score (nSPS) is 11.8. The molecule has 31 heavy (non-hydrogen) atoms. The lowest BCUT2D eigenvalue weighted by atomic mass is 10.0. The monoisotopic (exact) mass is 409 g/mol. The molecule has 0 atom stereocenters. The third-order valence-electron chi connectivity index (χ3n) is 5.15. The highest BCUT2D eigenvalue weighted by atomic mass is 16.6. The van der Waals surface area contributed by atoms with Crippen molar-refractivity contribution in [3.8, 4) is 11.3 Å². The maximum absolute atomic E-state index is 12.1. The molecule has 5 aromatic rings. The van der Waals surface area contributed by atoms with E-state index in [1.165, 1.54) is 0 Å². The standard InChI is InChI=1S/C26H23N3O2/c1-26(2,3)31-25(30)27-17-14-12-16(13-15-17)23-22-18-8-4-6-10-20(18)29-24(22)19-9-5-7-11-21(19)28-23/h4-15,29H,1-3H3,(H,27,30). The fourth-order valence-electron chi connectivity index (χ4n) is 3.89. The summed E-state index contributed by atoms with van der Waals surface area (Å²) in [5.41, 5.74) is 5.13. The summed E-state index contributed by atoms with van der Waals surface area (Å²) >= 11 is 0. The van der Waals surface area contributed by atoms with E-state index in [2.05, 4.69) is 28.5 Å². The Morgan fingerprint density at radius 2 is 1.58 bits per heavy atom. The number of carbonyl (C=O) groups excluding carboxylic acids is 1. The summed E-state index contributed by atoms with van der Waals surface area (Å²) in [5.74, 6) is 0. The number of aromatic amines is 1. The molecule has 0 saturated carbocycles. The van der Waals surface area contributed by atoms with Crippen LogP contribution in [0.5, 0.6) is 0 Å². The largest absolute Gasteiger partial charge is 0.444 e. The summed E-state index contributed by atoms with van der Waals surface area (Å²) < 4.78 is 5.33. The van der Waals surface area contributed by atoms with Crippen molar-refractivity contribution in [3.05, 3.63) is 72.8 Å². The smallest absolute Gasteiger partial charge is 0.412 e. The number of amides is 1. The molecule has 0 bridgehead atoms. The predicted octanol–water partition coefficient (Wildman–Crippen LogP) is 6.88. The van der Waals surface area contributed by atoms with Crippen molar-refractivity contribution in [3.63, 3.8) is 0 Å². The number of benzene rings is 3. The number of hydrogen-bond donors (Lipinski definition) is 2. The van der Waals surface area contributed by atoms with Crippen molar-refractivity contribution in [2.24, 2.45) is 0 Å². The highest BCUT2D eigenvalue weighted by Crippen LogP contribution is 2.37. The van der Waals surface area contributed by atoms with Gasteiger partial charge in [0.05, 0.1) is 16.7 Å². The molecule has 3 aromatic carbocycles. The van der Waals surface area contributed by atoms with E-state index in [4.69, 9.17) is 9.72 Å². The van der Waals surface area contributed by atoms with Crippen LogP contribution in [0.25, 0.3) is 44.0 Å². The number of aromatic nitrogens is 2. The second-order valence-corrected chi connectivity index (χ2v) is 8.60. The summed E-state index contributed by atoms with van der Waals surface area (Å²) in [6.45, 7) is 5.52. The van der Waals surface area contributed by atoms with Gasteiger partial charge in [0.15, 0.2) is 0 Å². The summed E-state index contributed by atoms with van der Waals surface area (Å²) in [6.07, 6.45) is -0.469. The van der Waals surface area contributed by atoms with Gasteiger partial charge in [0.2, 0.25) is 0 Å². The second-order valence-electron chi connectivity index (χ2n) is 8.60. The van der Waals surface area contributed by atoms with E-state index >= 15 is 0 Å². The molecule has 0 unspecified atom stereocenters. The van der Waals surface area contributed by atoms with E-state index in [0.717, 1.165) is 44.0 Å². The number of fused-ring (bicyclic) bond motifs is 5. The number of para-hydroxylation sites is 2. The van der Waals surface area contributed by atoms with Crippen molar-refractivity contribution in [2.45, 2.75) is 26.4 Å². The van der Waals surface area contributed by atoms with Gasteiger partial charge >= 0.3 is 6.09 Å². The second kappa shape index (κ2) is 7.13. The van der Waals surface area contributed by atoms with Gasteiger partial charge in [-0.2, -0.15) is 0 Å². The zero-order valence-corrected chi connectivity index (χ0v) is 17.7. The molecular weight excluding hydrogens is 386 g/mol. The number of hydrogen-bond acceptors (Lipinski definition) is 3. The first kappa shape index (κ1) is 19.1. The van der Waals surface area contributed by atoms with Crippen LogP contribution in [0.4, 0.5) is 10.5 Å². The van der Waals surface area contributed by atoms with E-state index in [1.54, 1.807) is 0 Å². The molecule has 5 nitrogen and oxygen atoms in total. The Labute approximate surface area is 180 Å². The van der Waals surface area contributed by atoms with Gasteiger partial charge < -0.3 is 9.72 Å². The van der Waals surface area contributed by atoms with E-state index < -0.39 is 11.7 Å². The minimum Gasteiger partial charge on any atom is -0.444 e. The fourth-order valence-corrected chi connectivity index (χ4v) is 3.89. The highest BCUT2D eigenvalue weighted by Gasteiger charge is 2.17. The maximum Gasteiger partial charge on any atom is 0.412 e. The van der Waals surface area contributed by atoms with Crippen molar-refractivity contribution < 1.29 is 9.53 Å². The Morgan fingerprint density at radius 3 is 2.32 bits per heavy atom. The summed E-state index contributed by atoms with van der Waals surface area (Å²) in [6, 6.07) is 24.1. The number of H-pyrrole nitrogens is 1. The molecule has 154 valence electrons. The molecule has 1 amide bonds. The average Bonchev–Trinajstić information content (AvgIpc) is 3.12. The minimum atomic E-state index is -0.542. The first-order valence-electron chi connectivity index (χ1n) is 10.3. The molecule has 0 saturated heterocycles. The van der Waals surface area contributed by atoms with Crippen LogP contribution in [0, 0.1) is 0 Å². The zero-order chi connectivity index (χ0) is 21.6. The highest BCUT2D eigenvalue weighted by molar-refractivity contribution is 6.20. The minimum absolute atomic E-state index is 0.469. The van der Waals surface area contributed by atoms with Crippen LogP contribution in [0.2, 0.25) is 0 Å². The molecule has 0 aliphatic rings. The lowest BCUT2D eigenvalue weighted by molar-refractivity contribution is 0.0636. The van der Waals surface area contributed by atoms with Crippen LogP contribution in [-0.2, 0) is 4.74 Å². The van der Waals surface area contributed by atoms with Crippen LogP contribution < -0.4 is 5.32 Å². The van der Waals surface area contributed by atoms with Crippen molar-refractivity contribution >= 4 is 44.5 Å². The number of pyridine rings is 1. The van der Waals surface area contributed by atoms with Crippen LogP contribution >= 0.6 is 0 Å². The number of ether oxygens (including phenoxy) is 1. The quantitative estimate of drug-likeness (QED) is 0.334. The van der Waals surface area contributed by atoms with E-state index in [9.17, 15) is 4.79 Å². The molecule has 2 heterocycles. The lowest BCUT2D eigenvalue weighted by Gasteiger charge is -2.19. The first-order chi connectivity index (χ1) is 14.9. The van der Waals surface area contributed by atoms with Crippen LogP contribution in [0.3, 0.4) is 0 Å². The molecule has 0 fully saturated rings. The van der Waals surface area contributed by atoms with Crippen molar-refractivity contribution in [1.82, 2.24) is 9.97 Å². The molecule has 0 aliphatic carbocycles. The first-order valence-corrected chi connectivity index (χ1v) is 10.3. The van der Waals surface area contributed by atoms with Gasteiger partial charge in [0, 0.05) is 32.9 Å². The van der Waals surface area contributed by atoms with Gasteiger partial charge in [-0.1, -0.05) is 48.5 Å². The van der Waals surface area contributed by atoms with Crippen LogP contribution in [0.15, 0.2) is 72.8 Å². The molecule has 2 N–H and O–H groups in total. The van der Waals surface area contributed by atoms with Gasteiger partial charge in [-0.05, 0) is 45.0 Å². The number of rotatable bonds is 2. The number of carbonyl (C=O) groups is 1. The topological polar surface area (TPSA) is 67.0 Å². The lowest BCUT2D eigenvalue weighted by Crippen LogP contribution is -2.27. The summed E-state index contributed by atoms with van der Waals surface area (Å²) in [5, 5.41) is 6.12. The van der Waals surface area contributed by atoms with Gasteiger partial charge in [-0.3, -0.25) is 5.32 Å². The van der Waals surface area contributed by atoms with Gasteiger partial charge in [-0.15, -0.1) is 0 Å². The number of nitrogens with one attached hydrogen (secondary N) is 2. The Balaban J connectivity index is 1.62. The maximum atomic E-state index is 12.1. The predicted molar refractivity (Wildman–Crippen MR) is 126 cm³/mol. The Hall–Kier alpha value is -3.86. The van der Waals surface area contributed by atoms with E-state index in [0.29, 0.717) is 5.69 Å². The molecule has 5 rings (SSSR count). The SMILES string of the molecule is CC(C)(C)OC(=O)Nc1ccc(-c2nc3ccccc3c3[nH]c4ccccc4c23)cc1. The van der Waals surface area contributed by atoms with Gasteiger partial charge in [0.25, 0.3) is 0 Å². The van der Waals surface area contributed by atoms with E-state index in [-0.39, 0.29) is 0 Å². The third-order valence-corrected chi connectivity index (χ3v) is 5.15. The average molecular weight is 409 g/mol. The van der Waals surface area contributed by atoms with Crippen molar-refractivity contribution in [1.29, 1.82) is 0 Å². The molecule has 5 heteroatoms. The molecule has 0 spiro atoms. The van der Waals surface area contributed by atoms with Crippen LogP contribution in [0.1, 0.15) is 20.8 Å². The molecule has 0 radical (unpaired) electrons. The Bertz CT molecular complexity index is 1430. The number of nitrogens with zero attached hydrogens (tertiary/aromatic N) is 1. The zero-order valence-electron chi connectivity index (χ0n) is 17.7. The van der Waals surface area contributed by atoms with Crippen LogP contribution in [-0.4, -0.2) is 21.7 Å². The van der Waals surface area contributed by atoms with E-state index in [1.807, 2.05) is 75.4 Å². The Kier molecular flexibility index (Phi) is 4.40. The molecule has 2 aromatic heterocycles. The molecule has 0 aliphatic heterocycles. The Morgan fingerprint density at radius 1 is 0.903 bits per heavy atom. The summed E-state index contributed by atoms with van der Waals surface area (Å²) in [4.78, 5) is 20.6. The van der Waals surface area contributed by atoms with Gasteiger partial charge in [-0.25, -0.2) is 9.78 Å².